The number of allylic oxidation sites excluding steroid dienone is 10. The summed E-state index contributed by atoms with van der Waals surface area (Å²) < 4.78 is 57.8. The second-order valence-electron chi connectivity index (χ2n) is 18.4. The van der Waals surface area contributed by atoms with Gasteiger partial charge in [-0.05, 0) is 77.0 Å². The van der Waals surface area contributed by atoms with Gasteiger partial charge in [-0.25, -0.2) is 9.13 Å². The van der Waals surface area contributed by atoms with Crippen molar-refractivity contribution in [2.45, 2.75) is 216 Å². The third-order valence-corrected chi connectivity index (χ3v) is 13.6. The quantitative estimate of drug-likeness (QED) is 0.0191. The van der Waals surface area contributed by atoms with Gasteiger partial charge in [0.25, 0.3) is 0 Å². The highest BCUT2D eigenvalue weighted by Crippen LogP contribution is 2.49. The Morgan fingerprint density at radius 3 is 2.07 bits per heavy atom. The standard InChI is InChI=1S/C51H86O20P2/c1-3-5-7-8-9-10-11-12-13-14-15-16-17-18-19-20-21-22-27-31-43(54)66-36-39-37-67-73(64,65)71-51-49(60)48(59)46(57)40(30-26-23-24-28-32-44(55)68-39)41(53)35-45(56)69-42(34-33-38(52)29-25-6-4-2)47(58)50(51)70-72(61,62)63/h9-10,12-13,15-16,18-19,23,26,33-34,38-42,45-53,56-60H,3-8,11,14,17,20-22,24-25,27-32,35-37H2,1-2H3,(H,64,65)(H2,61,62,63)/b10-9-,13-12-,16-15-,19-18-,26-23-,34-33+/t38-,39+,40-,41-,42+,45?,46+,47+,48-,49+,50+,51-/m0/s1. The molecule has 0 spiro atoms. The minimum absolute atomic E-state index is 0.00768. The van der Waals surface area contributed by atoms with E-state index in [4.69, 9.17) is 27.8 Å². The number of fused-ring (bicyclic) bond motifs is 4. The predicted octanol–water partition coefficient (Wildman–Crippen LogP) is 6.50. The lowest BCUT2D eigenvalue weighted by atomic mass is 9.83. The largest absolute Gasteiger partial charge is 0.472 e. The molecule has 13 atom stereocenters. The van der Waals surface area contributed by atoms with Crippen molar-refractivity contribution in [3.63, 3.8) is 0 Å². The number of hydrogen-bond donors (Lipinski definition) is 10. The summed E-state index contributed by atoms with van der Waals surface area (Å²) in [5.74, 6) is -2.90. The molecule has 20 nitrogen and oxygen atoms in total. The fraction of sp³-hybridized carbons (Fsp3) is 0.725. The number of rotatable bonds is 26. The number of aliphatic hydroxyl groups is 7. The molecule has 0 aromatic carbocycles. The molecule has 420 valence electrons. The average Bonchev–Trinajstić information content (AvgIpc) is 3.33. The first-order chi connectivity index (χ1) is 34.8. The summed E-state index contributed by atoms with van der Waals surface area (Å²) in [6, 6.07) is 0. The van der Waals surface area contributed by atoms with Crippen LogP contribution in [0, 0.1) is 5.92 Å². The molecule has 0 saturated carbocycles. The predicted molar refractivity (Wildman–Crippen MR) is 272 cm³/mol. The number of aliphatic hydroxyl groups excluding tert-OH is 7. The lowest BCUT2D eigenvalue weighted by molar-refractivity contribution is -0.210. The second-order valence-corrected chi connectivity index (χ2v) is 21.0. The smallest absolute Gasteiger partial charge is 0.462 e. The fourth-order valence-corrected chi connectivity index (χ4v) is 9.46. The van der Waals surface area contributed by atoms with E-state index in [9.17, 15) is 69.1 Å². The Morgan fingerprint density at radius 2 is 1.44 bits per heavy atom. The summed E-state index contributed by atoms with van der Waals surface area (Å²) in [5, 5.41) is 79.0. The molecule has 1 saturated heterocycles. The summed E-state index contributed by atoms with van der Waals surface area (Å²) in [6.07, 6.45) is 10.9. The Bertz CT molecular complexity index is 1800. The Morgan fingerprint density at radius 1 is 0.822 bits per heavy atom. The molecule has 2 rings (SSSR count). The van der Waals surface area contributed by atoms with E-state index < -0.39 is 120 Å². The molecular weight excluding hydrogens is 994 g/mol. The minimum Gasteiger partial charge on any atom is -0.462 e. The van der Waals surface area contributed by atoms with Crippen LogP contribution in [0.2, 0.25) is 0 Å². The summed E-state index contributed by atoms with van der Waals surface area (Å²) in [7, 11) is -11.5. The molecule has 2 heterocycles. The van der Waals surface area contributed by atoms with E-state index in [-0.39, 0.29) is 38.5 Å². The van der Waals surface area contributed by atoms with Crippen molar-refractivity contribution >= 4 is 27.6 Å². The van der Waals surface area contributed by atoms with E-state index in [1.54, 1.807) is 6.08 Å². The fourth-order valence-electron chi connectivity index (χ4n) is 7.93. The third kappa shape index (κ3) is 30.0. The molecule has 10 N–H and O–H groups in total. The van der Waals surface area contributed by atoms with Gasteiger partial charge >= 0.3 is 27.6 Å². The van der Waals surface area contributed by atoms with Crippen molar-refractivity contribution in [3.05, 3.63) is 72.9 Å². The first-order valence-electron chi connectivity index (χ1n) is 25.9. The molecule has 1 fully saturated rings. The molecule has 0 radical (unpaired) electrons. The van der Waals surface area contributed by atoms with Crippen molar-refractivity contribution < 1.29 is 96.9 Å². The average molecular weight is 1080 g/mol. The van der Waals surface area contributed by atoms with E-state index in [1.165, 1.54) is 25.3 Å². The van der Waals surface area contributed by atoms with Gasteiger partial charge in [0.05, 0.1) is 24.9 Å². The van der Waals surface area contributed by atoms with Crippen LogP contribution < -0.4 is 0 Å². The first kappa shape index (κ1) is 66.4. The highest BCUT2D eigenvalue weighted by molar-refractivity contribution is 7.47. The van der Waals surface area contributed by atoms with Crippen LogP contribution in [0.25, 0.3) is 0 Å². The number of hydrogen-bond acceptors (Lipinski definition) is 17. The molecule has 2 aliphatic heterocycles. The number of phosphoric acid groups is 2. The van der Waals surface area contributed by atoms with Crippen LogP contribution in [0.15, 0.2) is 72.9 Å². The zero-order chi connectivity index (χ0) is 54.1. The molecule has 73 heavy (non-hydrogen) atoms. The molecular formula is C51H86O20P2. The van der Waals surface area contributed by atoms with Crippen LogP contribution in [0.5, 0.6) is 0 Å². The summed E-state index contributed by atoms with van der Waals surface area (Å²) >= 11 is 0. The summed E-state index contributed by atoms with van der Waals surface area (Å²) in [5.41, 5.74) is 0. The maximum Gasteiger partial charge on any atom is 0.472 e. The molecule has 0 amide bonds. The van der Waals surface area contributed by atoms with E-state index >= 15 is 0 Å². The van der Waals surface area contributed by atoms with Crippen LogP contribution in [0.3, 0.4) is 0 Å². The van der Waals surface area contributed by atoms with Crippen molar-refractivity contribution in [2.24, 2.45) is 5.92 Å². The maximum atomic E-state index is 13.8. The van der Waals surface area contributed by atoms with Crippen molar-refractivity contribution in [3.8, 4) is 0 Å². The van der Waals surface area contributed by atoms with Crippen molar-refractivity contribution in [1.82, 2.24) is 0 Å². The normalized spacial score (nSPS) is 31.0. The monoisotopic (exact) mass is 1080 g/mol. The van der Waals surface area contributed by atoms with E-state index in [0.717, 1.165) is 63.5 Å². The lowest BCUT2D eigenvalue weighted by Crippen LogP contribution is -2.58. The highest BCUT2D eigenvalue weighted by atomic mass is 31.2. The molecule has 2 unspecified atom stereocenters. The van der Waals surface area contributed by atoms with Gasteiger partial charge in [0.1, 0.15) is 43.2 Å². The minimum atomic E-state index is -5.80. The van der Waals surface area contributed by atoms with Gasteiger partial charge in [-0.3, -0.25) is 23.2 Å². The van der Waals surface area contributed by atoms with Crippen LogP contribution >= 0.6 is 15.6 Å². The van der Waals surface area contributed by atoms with Gasteiger partial charge in [0.15, 0.2) is 12.4 Å². The molecule has 22 heteroatoms. The SMILES string of the molecule is CCCCC/C=C\C/C=C\C/C=C\C/C=C\CCCCCC(=O)OC[C@@H]1COP(=O)(O)O[C@H]2[C@H](O)[C@@H](O)[C@H](O)[C@@H](C/C=C\CCCC(=O)O1)[C@@H](O)CC(O)O[C@H](/C=C/[C@@H](O)CCCCC)[C@@H](O)[C@H]2OP(=O)(O)O. The van der Waals surface area contributed by atoms with E-state index in [0.29, 0.717) is 19.3 Å². The molecule has 0 aromatic heterocycles. The van der Waals surface area contributed by atoms with Gasteiger partial charge in [0, 0.05) is 25.2 Å². The zero-order valence-electron chi connectivity index (χ0n) is 42.6. The Balaban J connectivity index is 2.24. The lowest BCUT2D eigenvalue weighted by Gasteiger charge is -2.41. The Kier molecular flexibility index (Phi) is 34.5. The van der Waals surface area contributed by atoms with E-state index in [1.807, 2.05) is 6.92 Å². The highest BCUT2D eigenvalue weighted by Gasteiger charge is 2.50. The molecule has 2 bridgehead atoms. The van der Waals surface area contributed by atoms with Gasteiger partial charge in [-0.15, -0.1) is 0 Å². The number of carbonyl (C=O) groups excluding carboxylic acids is 2. The van der Waals surface area contributed by atoms with Crippen LogP contribution in [-0.2, 0) is 46.5 Å². The Hall–Kier alpha value is -2.72. The topological polar surface area (TPSA) is 326 Å². The van der Waals surface area contributed by atoms with Crippen LogP contribution in [0.1, 0.15) is 149 Å². The maximum absolute atomic E-state index is 13.8. The molecule has 0 aromatic rings. The van der Waals surface area contributed by atoms with Crippen molar-refractivity contribution in [2.75, 3.05) is 13.2 Å². The van der Waals surface area contributed by atoms with Crippen LogP contribution in [0.4, 0.5) is 0 Å². The molecule has 2 aliphatic rings. The van der Waals surface area contributed by atoms with Gasteiger partial charge in [-0.1, -0.05) is 125 Å². The van der Waals surface area contributed by atoms with Crippen LogP contribution in [-0.4, -0.2) is 143 Å². The Labute approximate surface area is 431 Å². The first-order valence-corrected chi connectivity index (χ1v) is 28.9. The number of phosphoric ester groups is 2. The van der Waals surface area contributed by atoms with E-state index in [2.05, 4.69) is 55.5 Å². The number of unbranched alkanes of at least 4 members (excludes halogenated alkanes) is 8. The van der Waals surface area contributed by atoms with Gasteiger partial charge in [-0.2, -0.15) is 0 Å². The van der Waals surface area contributed by atoms with Gasteiger partial charge in [0.2, 0.25) is 0 Å². The second kappa shape index (κ2) is 37.9. The van der Waals surface area contributed by atoms with Crippen molar-refractivity contribution in [1.29, 1.82) is 0 Å². The number of cyclic esters (lactones) is 1. The summed E-state index contributed by atoms with van der Waals surface area (Å²) in [6.45, 7) is 2.49. The zero-order valence-corrected chi connectivity index (χ0v) is 44.4. The number of esters is 2. The molecule has 0 aliphatic carbocycles. The van der Waals surface area contributed by atoms with Gasteiger partial charge < -0.3 is 64.6 Å². The third-order valence-electron chi connectivity index (χ3n) is 12.1. The summed E-state index contributed by atoms with van der Waals surface area (Å²) in [4.78, 5) is 56.8. The number of carbonyl (C=O) groups is 2. The number of ether oxygens (including phenoxy) is 3.